The third kappa shape index (κ3) is 8.02. The summed E-state index contributed by atoms with van der Waals surface area (Å²) in [5, 5.41) is 2.71. The van der Waals surface area contributed by atoms with Crippen LogP contribution in [0.15, 0.2) is 18.2 Å². The number of amides is 2. The first kappa shape index (κ1) is 23.0. The standard InChI is InChI=1S/C22H36N2O3/c1-15(2)20(21(23)26)24-19(25)10-8-7-9-13-27-18-12-11-17(14-16(18)3)22(4,5)6/h11-12,14-15,20H,7-10,13H2,1-6H3,(H2,23,26)(H,24,25). The molecule has 0 spiro atoms. The van der Waals surface area contributed by atoms with Crippen molar-refractivity contribution in [2.45, 2.75) is 78.7 Å². The normalized spacial score (nSPS) is 12.7. The van der Waals surface area contributed by atoms with Crippen LogP contribution >= 0.6 is 0 Å². The molecule has 0 bridgehead atoms. The Labute approximate surface area is 164 Å². The van der Waals surface area contributed by atoms with Crippen LogP contribution in [-0.2, 0) is 15.0 Å². The first-order valence-electron chi connectivity index (χ1n) is 9.85. The van der Waals surface area contributed by atoms with Gasteiger partial charge in [-0.05, 0) is 54.7 Å². The summed E-state index contributed by atoms with van der Waals surface area (Å²) in [6.45, 7) is 13.0. The average molecular weight is 377 g/mol. The Kier molecular flexibility index (Phi) is 8.80. The number of hydrogen-bond acceptors (Lipinski definition) is 3. The van der Waals surface area contributed by atoms with E-state index in [-0.39, 0.29) is 17.2 Å². The first-order valence-corrected chi connectivity index (χ1v) is 9.85. The second-order valence-electron chi connectivity index (χ2n) is 8.58. The lowest BCUT2D eigenvalue weighted by Gasteiger charge is -2.20. The monoisotopic (exact) mass is 376 g/mol. The third-order valence-electron chi connectivity index (χ3n) is 4.64. The number of rotatable bonds is 10. The zero-order chi connectivity index (χ0) is 20.6. The Morgan fingerprint density at radius 1 is 1.15 bits per heavy atom. The Hall–Kier alpha value is -2.04. The molecule has 1 atom stereocenters. The SMILES string of the molecule is Cc1cc(C(C)(C)C)ccc1OCCCCCC(=O)NC(C(N)=O)C(C)C. The maximum Gasteiger partial charge on any atom is 0.240 e. The van der Waals surface area contributed by atoms with E-state index in [1.807, 2.05) is 19.9 Å². The van der Waals surface area contributed by atoms with Crippen molar-refractivity contribution in [3.05, 3.63) is 29.3 Å². The highest BCUT2D eigenvalue weighted by atomic mass is 16.5. The quantitative estimate of drug-likeness (QED) is 0.608. The van der Waals surface area contributed by atoms with Crippen LogP contribution in [0.2, 0.25) is 0 Å². The van der Waals surface area contributed by atoms with E-state index >= 15 is 0 Å². The fourth-order valence-corrected chi connectivity index (χ4v) is 2.84. The molecule has 0 saturated heterocycles. The molecular weight excluding hydrogens is 340 g/mol. The fraction of sp³-hybridized carbons (Fsp3) is 0.636. The van der Waals surface area contributed by atoms with Crippen molar-refractivity contribution in [2.75, 3.05) is 6.61 Å². The molecule has 5 nitrogen and oxygen atoms in total. The van der Waals surface area contributed by atoms with E-state index in [0.717, 1.165) is 30.6 Å². The van der Waals surface area contributed by atoms with Crippen LogP contribution in [0.3, 0.4) is 0 Å². The number of carbonyl (C=O) groups excluding carboxylic acids is 2. The van der Waals surface area contributed by atoms with Crippen LogP contribution in [0.25, 0.3) is 0 Å². The molecule has 0 heterocycles. The second kappa shape index (κ2) is 10.3. The van der Waals surface area contributed by atoms with Gasteiger partial charge in [0.2, 0.25) is 11.8 Å². The third-order valence-corrected chi connectivity index (χ3v) is 4.64. The predicted molar refractivity (Wildman–Crippen MR) is 110 cm³/mol. The summed E-state index contributed by atoms with van der Waals surface area (Å²) >= 11 is 0. The summed E-state index contributed by atoms with van der Waals surface area (Å²) < 4.78 is 5.88. The number of hydrogen-bond donors (Lipinski definition) is 2. The molecule has 0 aliphatic heterocycles. The summed E-state index contributed by atoms with van der Waals surface area (Å²) in [4.78, 5) is 23.2. The lowest BCUT2D eigenvalue weighted by atomic mass is 9.86. The van der Waals surface area contributed by atoms with E-state index in [2.05, 4.69) is 45.1 Å². The van der Waals surface area contributed by atoms with Gasteiger partial charge in [0.1, 0.15) is 11.8 Å². The summed E-state index contributed by atoms with van der Waals surface area (Å²) in [5.74, 6) is 0.302. The topological polar surface area (TPSA) is 81.4 Å². The summed E-state index contributed by atoms with van der Waals surface area (Å²) in [7, 11) is 0. The number of nitrogens with one attached hydrogen (secondary N) is 1. The molecule has 5 heteroatoms. The minimum atomic E-state index is -0.597. The highest BCUT2D eigenvalue weighted by Crippen LogP contribution is 2.27. The Balaban J connectivity index is 2.29. The summed E-state index contributed by atoms with van der Waals surface area (Å²) in [5.41, 5.74) is 7.89. The van der Waals surface area contributed by atoms with Gasteiger partial charge in [0.15, 0.2) is 0 Å². The fourth-order valence-electron chi connectivity index (χ4n) is 2.84. The van der Waals surface area contributed by atoms with Crippen LogP contribution in [-0.4, -0.2) is 24.5 Å². The van der Waals surface area contributed by atoms with E-state index in [0.29, 0.717) is 13.0 Å². The van der Waals surface area contributed by atoms with Crippen molar-refractivity contribution in [1.82, 2.24) is 5.32 Å². The molecule has 27 heavy (non-hydrogen) atoms. The van der Waals surface area contributed by atoms with E-state index in [1.165, 1.54) is 5.56 Å². The van der Waals surface area contributed by atoms with Crippen LogP contribution in [0, 0.1) is 12.8 Å². The second-order valence-corrected chi connectivity index (χ2v) is 8.58. The van der Waals surface area contributed by atoms with E-state index in [4.69, 9.17) is 10.5 Å². The first-order chi connectivity index (χ1) is 12.5. The molecule has 1 aromatic rings. The predicted octanol–water partition coefficient (Wildman–Crippen LogP) is 3.86. The van der Waals surface area contributed by atoms with Crippen molar-refractivity contribution in [2.24, 2.45) is 11.7 Å². The Morgan fingerprint density at radius 3 is 2.33 bits per heavy atom. The lowest BCUT2D eigenvalue weighted by molar-refractivity contribution is -0.128. The Morgan fingerprint density at radius 2 is 1.81 bits per heavy atom. The molecule has 0 aromatic heterocycles. The van der Waals surface area contributed by atoms with Crippen molar-refractivity contribution >= 4 is 11.8 Å². The zero-order valence-corrected chi connectivity index (χ0v) is 17.7. The van der Waals surface area contributed by atoms with Gasteiger partial charge >= 0.3 is 0 Å². The van der Waals surface area contributed by atoms with E-state index < -0.39 is 11.9 Å². The van der Waals surface area contributed by atoms with Crippen LogP contribution in [0.1, 0.15) is 71.4 Å². The highest BCUT2D eigenvalue weighted by Gasteiger charge is 2.21. The Bertz CT molecular complexity index is 633. The largest absolute Gasteiger partial charge is 0.493 e. The average Bonchev–Trinajstić information content (AvgIpc) is 2.55. The smallest absolute Gasteiger partial charge is 0.240 e. The summed E-state index contributed by atoms with van der Waals surface area (Å²) in [6.07, 6.45) is 2.95. The molecule has 2 amide bonds. The van der Waals surface area contributed by atoms with Crippen molar-refractivity contribution in [1.29, 1.82) is 0 Å². The summed E-state index contributed by atoms with van der Waals surface area (Å²) in [6, 6.07) is 5.75. The van der Waals surface area contributed by atoms with Gasteiger partial charge in [-0.15, -0.1) is 0 Å². The number of ether oxygens (including phenoxy) is 1. The highest BCUT2D eigenvalue weighted by molar-refractivity contribution is 5.86. The van der Waals surface area contributed by atoms with Gasteiger partial charge in [-0.1, -0.05) is 46.8 Å². The zero-order valence-electron chi connectivity index (χ0n) is 17.7. The van der Waals surface area contributed by atoms with E-state index in [1.54, 1.807) is 0 Å². The molecule has 0 radical (unpaired) electrons. The van der Waals surface area contributed by atoms with Gasteiger partial charge in [0, 0.05) is 6.42 Å². The molecule has 0 fully saturated rings. The maximum atomic E-state index is 11.9. The molecular formula is C22H36N2O3. The number of nitrogens with two attached hydrogens (primary N) is 1. The minimum Gasteiger partial charge on any atom is -0.493 e. The molecule has 1 aromatic carbocycles. The van der Waals surface area contributed by atoms with E-state index in [9.17, 15) is 9.59 Å². The number of carbonyl (C=O) groups is 2. The van der Waals surface area contributed by atoms with Gasteiger partial charge in [0.05, 0.1) is 6.61 Å². The van der Waals surface area contributed by atoms with Crippen molar-refractivity contribution in [3.63, 3.8) is 0 Å². The van der Waals surface area contributed by atoms with Gasteiger partial charge in [-0.3, -0.25) is 9.59 Å². The van der Waals surface area contributed by atoms with Gasteiger partial charge in [0.25, 0.3) is 0 Å². The van der Waals surface area contributed by atoms with Crippen molar-refractivity contribution in [3.8, 4) is 5.75 Å². The van der Waals surface area contributed by atoms with Crippen LogP contribution in [0.5, 0.6) is 5.75 Å². The molecule has 1 unspecified atom stereocenters. The van der Waals surface area contributed by atoms with Crippen molar-refractivity contribution < 1.29 is 14.3 Å². The lowest BCUT2D eigenvalue weighted by Crippen LogP contribution is -2.47. The number of primary amides is 1. The molecule has 0 aliphatic rings. The maximum absolute atomic E-state index is 11.9. The van der Waals surface area contributed by atoms with Gasteiger partial charge in [-0.2, -0.15) is 0 Å². The molecule has 0 saturated carbocycles. The molecule has 0 aliphatic carbocycles. The number of unbranched alkanes of at least 4 members (excludes halogenated alkanes) is 2. The minimum absolute atomic E-state index is 0.00670. The molecule has 3 N–H and O–H groups in total. The van der Waals surface area contributed by atoms with Gasteiger partial charge in [-0.25, -0.2) is 0 Å². The van der Waals surface area contributed by atoms with Crippen LogP contribution in [0.4, 0.5) is 0 Å². The number of benzene rings is 1. The molecule has 152 valence electrons. The molecule has 1 rings (SSSR count). The number of aryl methyl sites for hydroxylation is 1. The van der Waals surface area contributed by atoms with Gasteiger partial charge < -0.3 is 15.8 Å². The van der Waals surface area contributed by atoms with Crippen LogP contribution < -0.4 is 15.8 Å².